The Morgan fingerprint density at radius 3 is 2.38 bits per heavy atom. The number of hydrogen-bond acceptors (Lipinski definition) is 5. The van der Waals surface area contributed by atoms with Crippen molar-refractivity contribution in [3.8, 4) is 0 Å². The van der Waals surface area contributed by atoms with Gasteiger partial charge in [0, 0.05) is 30.3 Å². The topological polar surface area (TPSA) is 78.8 Å². The molecule has 210 valence electrons. The Hall–Kier alpha value is -2.43. The second-order valence-corrected chi connectivity index (χ2v) is 14.1. The number of hydrogen-bond donors (Lipinski definition) is 1. The molecule has 0 radical (unpaired) electrons. The minimum absolute atomic E-state index is 0.0286. The molecule has 1 atom stereocenters. The minimum atomic E-state index is -3.93. The summed E-state index contributed by atoms with van der Waals surface area (Å²) in [6.45, 7) is 4.40. The molecule has 4 aliphatic rings. The van der Waals surface area contributed by atoms with E-state index >= 15 is 0 Å². The molecule has 2 aromatic carbocycles. The molecule has 0 spiro atoms. The summed E-state index contributed by atoms with van der Waals surface area (Å²) < 4.78 is 70.0. The van der Waals surface area contributed by atoms with Crippen LogP contribution in [0.2, 0.25) is 5.02 Å². The van der Waals surface area contributed by atoms with Crippen LogP contribution in [0.3, 0.4) is 0 Å². The number of carbonyl (C=O) groups excluding carboxylic acids is 1. The van der Waals surface area contributed by atoms with Crippen LogP contribution >= 0.6 is 11.6 Å². The van der Waals surface area contributed by atoms with Crippen LogP contribution in [0.5, 0.6) is 0 Å². The third-order valence-corrected chi connectivity index (χ3v) is 10.4. The summed E-state index contributed by atoms with van der Waals surface area (Å²) in [5, 5.41) is 3.30. The number of alkyl halides is 2. The number of nitrogens with zero attached hydrogens (tertiary/aromatic N) is 2. The van der Waals surface area contributed by atoms with Gasteiger partial charge in [-0.3, -0.25) is 9.79 Å². The lowest BCUT2D eigenvalue weighted by Gasteiger charge is -2.73. The van der Waals surface area contributed by atoms with Gasteiger partial charge in [-0.15, -0.1) is 0 Å². The minimum Gasteiger partial charge on any atom is -0.366 e. The molecule has 0 aromatic heterocycles. The third-order valence-electron chi connectivity index (χ3n) is 8.17. The predicted octanol–water partition coefficient (Wildman–Crippen LogP) is 5.75. The Bertz CT molecular complexity index is 1420. The lowest BCUT2D eigenvalue weighted by atomic mass is 9.38. The van der Waals surface area contributed by atoms with Gasteiger partial charge >= 0.3 is 0 Å². The third kappa shape index (κ3) is 5.00. The summed E-state index contributed by atoms with van der Waals surface area (Å²) >= 11 is 5.84. The Morgan fingerprint density at radius 1 is 1.15 bits per heavy atom. The van der Waals surface area contributed by atoms with E-state index in [2.05, 4.69) is 10.3 Å². The van der Waals surface area contributed by atoms with Gasteiger partial charge in [-0.1, -0.05) is 35.9 Å². The first kappa shape index (κ1) is 28.1. The molecule has 39 heavy (non-hydrogen) atoms. The highest BCUT2D eigenvalue weighted by Gasteiger charge is 2.75. The molecule has 11 heteroatoms. The second-order valence-electron chi connectivity index (χ2n) is 11.9. The molecular weight excluding hydrogens is 551 g/mol. The van der Waals surface area contributed by atoms with Gasteiger partial charge in [0.2, 0.25) is 15.9 Å². The second kappa shape index (κ2) is 9.31. The van der Waals surface area contributed by atoms with Gasteiger partial charge in [-0.2, -0.15) is 4.31 Å². The average molecular weight is 582 g/mol. The molecular formula is C28H31ClF3N3O3S. The highest BCUT2D eigenvalue weighted by molar-refractivity contribution is 7.89. The van der Waals surface area contributed by atoms with Crippen LogP contribution in [0.4, 0.5) is 13.2 Å². The number of Topliss-reactive ketones (excluding diaryl/α,β-unsaturated/α-hetero) is 1. The summed E-state index contributed by atoms with van der Waals surface area (Å²) in [5.74, 6) is -3.27. The largest absolute Gasteiger partial charge is 0.366 e. The SMILES string of the molecule is CC(F)(F)CCC(=O)[C@@H]1N=C(C23CC(N(Cc4ccc(Cl)c(F)c4)S(=O)(=O)c4ccccc4)(C2)C3)NC1(C)C. The van der Waals surface area contributed by atoms with Crippen molar-refractivity contribution >= 4 is 33.2 Å². The quantitative estimate of drug-likeness (QED) is 0.388. The molecule has 6 nitrogen and oxygen atoms in total. The zero-order valence-electron chi connectivity index (χ0n) is 22.0. The van der Waals surface area contributed by atoms with Gasteiger partial charge in [0.1, 0.15) is 17.7 Å². The number of rotatable bonds is 10. The summed E-state index contributed by atoms with van der Waals surface area (Å²) in [4.78, 5) is 17.6. The summed E-state index contributed by atoms with van der Waals surface area (Å²) in [6, 6.07) is 11.6. The number of carbonyl (C=O) groups is 1. The number of halogens is 4. The fraction of sp³-hybridized carbons (Fsp3) is 0.500. The average Bonchev–Trinajstić information content (AvgIpc) is 3.12. The molecule has 1 N–H and O–H groups in total. The monoisotopic (exact) mass is 581 g/mol. The first-order valence-corrected chi connectivity index (χ1v) is 14.7. The van der Waals surface area contributed by atoms with E-state index in [4.69, 9.17) is 11.6 Å². The molecule has 0 saturated heterocycles. The smallest absolute Gasteiger partial charge is 0.245 e. The van der Waals surface area contributed by atoms with Crippen molar-refractivity contribution in [2.45, 2.75) is 87.4 Å². The fourth-order valence-corrected chi connectivity index (χ4v) is 8.10. The molecule has 3 saturated carbocycles. The first-order valence-electron chi connectivity index (χ1n) is 12.9. The van der Waals surface area contributed by atoms with Gasteiger partial charge in [-0.05, 0) is 69.9 Å². The van der Waals surface area contributed by atoms with Gasteiger partial charge < -0.3 is 5.32 Å². The van der Waals surface area contributed by atoms with E-state index in [-0.39, 0.29) is 28.7 Å². The maximum Gasteiger partial charge on any atom is 0.245 e. The molecule has 1 heterocycles. The van der Waals surface area contributed by atoms with Crippen LogP contribution in [-0.2, 0) is 21.4 Å². The Balaban J connectivity index is 1.39. The van der Waals surface area contributed by atoms with E-state index in [9.17, 15) is 26.4 Å². The Morgan fingerprint density at radius 2 is 1.79 bits per heavy atom. The lowest BCUT2D eigenvalue weighted by Crippen LogP contribution is -2.78. The van der Waals surface area contributed by atoms with Crippen molar-refractivity contribution in [1.29, 1.82) is 0 Å². The van der Waals surface area contributed by atoms with E-state index in [0.717, 1.165) is 6.92 Å². The van der Waals surface area contributed by atoms with Gasteiger partial charge in [0.15, 0.2) is 5.78 Å². The van der Waals surface area contributed by atoms with Crippen molar-refractivity contribution in [3.05, 3.63) is 64.9 Å². The maximum atomic E-state index is 14.2. The van der Waals surface area contributed by atoms with E-state index < -0.39 is 50.7 Å². The van der Waals surface area contributed by atoms with Crippen molar-refractivity contribution in [2.75, 3.05) is 0 Å². The van der Waals surface area contributed by atoms with Gasteiger partial charge in [0.25, 0.3) is 0 Å². The van der Waals surface area contributed by atoms with Crippen molar-refractivity contribution in [2.24, 2.45) is 10.4 Å². The van der Waals surface area contributed by atoms with E-state index in [0.29, 0.717) is 30.7 Å². The van der Waals surface area contributed by atoms with Crippen LogP contribution in [0.25, 0.3) is 0 Å². The van der Waals surface area contributed by atoms with Crippen LogP contribution in [0.1, 0.15) is 58.4 Å². The number of benzene rings is 2. The van der Waals surface area contributed by atoms with Crippen LogP contribution < -0.4 is 5.32 Å². The number of ketones is 1. The van der Waals surface area contributed by atoms with E-state index in [1.54, 1.807) is 24.3 Å². The molecule has 1 aliphatic heterocycles. The van der Waals surface area contributed by atoms with Crippen molar-refractivity contribution < 1.29 is 26.4 Å². The van der Waals surface area contributed by atoms with Crippen molar-refractivity contribution in [3.63, 3.8) is 0 Å². The molecule has 0 amide bonds. The van der Waals surface area contributed by atoms with Gasteiger partial charge in [-0.25, -0.2) is 21.6 Å². The zero-order chi connectivity index (χ0) is 28.4. The molecule has 0 unspecified atom stereocenters. The molecule has 6 rings (SSSR count). The molecule has 2 bridgehead atoms. The summed E-state index contributed by atoms with van der Waals surface area (Å²) in [7, 11) is -3.93. The number of sulfonamides is 1. The highest BCUT2D eigenvalue weighted by Crippen LogP contribution is 2.71. The van der Waals surface area contributed by atoms with E-state index in [1.165, 1.54) is 28.6 Å². The van der Waals surface area contributed by atoms with E-state index in [1.807, 2.05) is 13.8 Å². The highest BCUT2D eigenvalue weighted by atomic mass is 35.5. The predicted molar refractivity (Wildman–Crippen MR) is 143 cm³/mol. The van der Waals surface area contributed by atoms with Crippen LogP contribution in [-0.4, -0.2) is 47.4 Å². The molecule has 3 aliphatic carbocycles. The Kier molecular flexibility index (Phi) is 6.71. The van der Waals surface area contributed by atoms with Gasteiger partial charge in [0.05, 0.1) is 15.5 Å². The number of aliphatic imine (C=N–C) groups is 1. The lowest BCUT2D eigenvalue weighted by molar-refractivity contribution is -0.151. The molecule has 2 aromatic rings. The van der Waals surface area contributed by atoms with Crippen molar-refractivity contribution in [1.82, 2.24) is 9.62 Å². The Labute approximate surface area is 231 Å². The normalized spacial score (nSPS) is 27.4. The first-order chi connectivity index (χ1) is 18.1. The fourth-order valence-electron chi connectivity index (χ4n) is 6.20. The summed E-state index contributed by atoms with van der Waals surface area (Å²) in [5.41, 5.74) is -1.37. The standard InChI is InChI=1S/C28H31ClF3N3O3S/c1-25(2)23(22(36)11-12-26(3,31)32)33-24(34-25)27-15-28(16-27,17-27)35(14-18-9-10-20(29)21(30)13-18)39(37,38)19-7-5-4-6-8-19/h4-10,13,23H,11-12,14-17H2,1-3H3,(H,33,34)/t23-,27?,28?/m0/s1. The summed E-state index contributed by atoms with van der Waals surface area (Å²) in [6.07, 6.45) is 0.650. The number of nitrogens with one attached hydrogen (secondary N) is 1. The molecule has 3 fully saturated rings. The zero-order valence-corrected chi connectivity index (χ0v) is 23.6. The van der Waals surface area contributed by atoms with Crippen LogP contribution in [0, 0.1) is 11.2 Å². The number of amidine groups is 1. The van der Waals surface area contributed by atoms with Crippen LogP contribution in [0.15, 0.2) is 58.4 Å². The maximum absolute atomic E-state index is 14.2.